The van der Waals surface area contributed by atoms with Gasteiger partial charge >= 0.3 is 0 Å². The molecule has 0 saturated carbocycles. The van der Waals surface area contributed by atoms with Crippen molar-refractivity contribution in [3.63, 3.8) is 0 Å². The molecular formula is C20H22N2O5S. The lowest BCUT2D eigenvalue weighted by atomic mass is 10.1. The Bertz CT molecular complexity index is 1030. The van der Waals surface area contributed by atoms with Gasteiger partial charge in [-0.1, -0.05) is 18.2 Å². The first-order valence-electron chi connectivity index (χ1n) is 8.23. The Morgan fingerprint density at radius 2 is 1.43 bits per heavy atom. The second kappa shape index (κ2) is 9.09. The van der Waals surface area contributed by atoms with Crippen LogP contribution in [0, 0.1) is 0 Å². The third-order valence-electron chi connectivity index (χ3n) is 3.78. The summed E-state index contributed by atoms with van der Waals surface area (Å²) in [4.78, 5) is 12.0. The van der Waals surface area contributed by atoms with Gasteiger partial charge in [-0.3, -0.25) is 4.79 Å². The number of ether oxygens (including phenoxy) is 2. The van der Waals surface area contributed by atoms with Crippen LogP contribution in [0.3, 0.4) is 0 Å². The van der Waals surface area contributed by atoms with Gasteiger partial charge in [-0.05, 0) is 47.5 Å². The standard InChI is InChI=1S/C20H22N2O5S/c1-26-19-7-4-14(11-17(19)21)3-6-16(23)13-28(24,25)10-9-15-5-8-20(27-2)18(22)12-15/h3-12H,13,21-22H2,1-2H3/b6-3+,10-9-. The summed E-state index contributed by atoms with van der Waals surface area (Å²) in [6.45, 7) is 0. The van der Waals surface area contributed by atoms with Crippen molar-refractivity contribution in [3.8, 4) is 11.5 Å². The molecule has 0 aliphatic carbocycles. The minimum Gasteiger partial charge on any atom is -0.495 e. The van der Waals surface area contributed by atoms with E-state index in [0.29, 0.717) is 34.0 Å². The van der Waals surface area contributed by atoms with Crippen molar-refractivity contribution >= 4 is 39.1 Å². The predicted molar refractivity (Wildman–Crippen MR) is 112 cm³/mol. The van der Waals surface area contributed by atoms with Gasteiger partial charge in [0.1, 0.15) is 17.3 Å². The van der Waals surface area contributed by atoms with Gasteiger partial charge in [-0.2, -0.15) is 0 Å². The van der Waals surface area contributed by atoms with Gasteiger partial charge in [0.15, 0.2) is 15.6 Å². The van der Waals surface area contributed by atoms with E-state index in [2.05, 4.69) is 0 Å². The lowest BCUT2D eigenvalue weighted by Gasteiger charge is -2.04. The summed E-state index contributed by atoms with van der Waals surface area (Å²) in [6, 6.07) is 9.89. The molecule has 148 valence electrons. The van der Waals surface area contributed by atoms with E-state index in [1.54, 1.807) is 36.4 Å². The average Bonchev–Trinajstić information content (AvgIpc) is 2.64. The molecular weight excluding hydrogens is 380 g/mol. The first-order valence-corrected chi connectivity index (χ1v) is 9.94. The molecule has 0 aromatic heterocycles. The second-order valence-electron chi connectivity index (χ2n) is 5.91. The van der Waals surface area contributed by atoms with Crippen molar-refractivity contribution < 1.29 is 22.7 Å². The summed E-state index contributed by atoms with van der Waals surface area (Å²) >= 11 is 0. The quantitative estimate of drug-likeness (QED) is 0.514. The van der Waals surface area contributed by atoms with E-state index in [1.165, 1.54) is 32.4 Å². The fraction of sp³-hybridized carbons (Fsp3) is 0.150. The van der Waals surface area contributed by atoms with Gasteiger partial charge in [0, 0.05) is 5.41 Å². The summed E-state index contributed by atoms with van der Waals surface area (Å²) in [5.74, 6) is -0.166. The molecule has 0 radical (unpaired) electrons. The average molecular weight is 402 g/mol. The molecule has 0 unspecified atom stereocenters. The number of methoxy groups -OCH3 is 2. The first-order chi connectivity index (χ1) is 13.2. The largest absolute Gasteiger partial charge is 0.495 e. The highest BCUT2D eigenvalue weighted by Crippen LogP contribution is 2.23. The Hall–Kier alpha value is -3.26. The molecule has 4 N–H and O–H groups in total. The van der Waals surface area contributed by atoms with Gasteiger partial charge < -0.3 is 20.9 Å². The van der Waals surface area contributed by atoms with E-state index in [9.17, 15) is 13.2 Å². The molecule has 0 spiro atoms. The summed E-state index contributed by atoms with van der Waals surface area (Å²) in [5.41, 5.74) is 13.6. The number of allylic oxidation sites excluding steroid dienone is 1. The lowest BCUT2D eigenvalue weighted by molar-refractivity contribution is -0.112. The molecule has 8 heteroatoms. The summed E-state index contributed by atoms with van der Waals surface area (Å²) in [7, 11) is -0.734. The maximum absolute atomic E-state index is 12.1. The number of benzene rings is 2. The number of hydrogen-bond acceptors (Lipinski definition) is 7. The van der Waals surface area contributed by atoms with E-state index in [0.717, 1.165) is 5.41 Å². The molecule has 0 saturated heterocycles. The van der Waals surface area contributed by atoms with Gasteiger partial charge in [-0.15, -0.1) is 0 Å². The summed E-state index contributed by atoms with van der Waals surface area (Å²) < 4.78 is 34.4. The number of ketones is 1. The number of nitrogens with two attached hydrogens (primary N) is 2. The third kappa shape index (κ3) is 5.88. The zero-order valence-electron chi connectivity index (χ0n) is 15.6. The molecule has 28 heavy (non-hydrogen) atoms. The SMILES string of the molecule is COc1ccc(/C=C\S(=O)(=O)CC(=O)/C=C/c2ccc(OC)c(N)c2)cc1N. The second-order valence-corrected chi connectivity index (χ2v) is 7.80. The number of carbonyl (C=O) groups excluding carboxylic acids is 1. The Balaban J connectivity index is 2.03. The van der Waals surface area contributed by atoms with Crippen molar-refractivity contribution in [3.05, 3.63) is 59.0 Å². The summed E-state index contributed by atoms with van der Waals surface area (Å²) in [6.07, 6.45) is 4.09. The molecule has 0 heterocycles. The number of carbonyl (C=O) groups is 1. The zero-order chi connectivity index (χ0) is 20.7. The van der Waals surface area contributed by atoms with E-state index in [4.69, 9.17) is 20.9 Å². The first kappa shape index (κ1) is 21.0. The molecule has 2 rings (SSSR count). The van der Waals surface area contributed by atoms with Crippen molar-refractivity contribution in [1.29, 1.82) is 0 Å². The van der Waals surface area contributed by atoms with Crippen molar-refractivity contribution in [2.75, 3.05) is 31.4 Å². The van der Waals surface area contributed by atoms with E-state index in [-0.39, 0.29) is 0 Å². The Morgan fingerprint density at radius 1 is 0.929 bits per heavy atom. The predicted octanol–water partition coefficient (Wildman–Crippen LogP) is 2.54. The smallest absolute Gasteiger partial charge is 0.179 e. The number of anilines is 2. The van der Waals surface area contributed by atoms with Crippen LogP contribution in [0.2, 0.25) is 0 Å². The van der Waals surface area contributed by atoms with E-state index >= 15 is 0 Å². The third-order valence-corrected chi connectivity index (χ3v) is 5.02. The minimum atomic E-state index is -3.73. The van der Waals surface area contributed by atoms with Crippen LogP contribution in [0.25, 0.3) is 12.2 Å². The fourth-order valence-electron chi connectivity index (χ4n) is 2.38. The lowest BCUT2D eigenvalue weighted by Crippen LogP contribution is -2.11. The molecule has 0 aliphatic heterocycles. The van der Waals surface area contributed by atoms with Crippen LogP contribution in [0.4, 0.5) is 11.4 Å². The highest BCUT2D eigenvalue weighted by molar-refractivity contribution is 7.95. The van der Waals surface area contributed by atoms with Crippen LogP contribution >= 0.6 is 0 Å². The summed E-state index contributed by atoms with van der Waals surface area (Å²) in [5, 5.41) is 0.991. The van der Waals surface area contributed by atoms with Gasteiger partial charge in [0.25, 0.3) is 0 Å². The van der Waals surface area contributed by atoms with Gasteiger partial charge in [0.05, 0.1) is 25.6 Å². The van der Waals surface area contributed by atoms with Crippen LogP contribution in [0.15, 0.2) is 47.9 Å². The van der Waals surface area contributed by atoms with Crippen LogP contribution in [0.1, 0.15) is 11.1 Å². The molecule has 0 aliphatic rings. The van der Waals surface area contributed by atoms with E-state index < -0.39 is 21.4 Å². The number of sulfone groups is 1. The van der Waals surface area contributed by atoms with Gasteiger partial charge in [0.2, 0.25) is 0 Å². The van der Waals surface area contributed by atoms with E-state index in [1.807, 2.05) is 0 Å². The fourth-order valence-corrected chi connectivity index (χ4v) is 3.33. The maximum Gasteiger partial charge on any atom is 0.179 e. The Kier molecular flexibility index (Phi) is 6.84. The molecule has 2 aromatic rings. The van der Waals surface area contributed by atoms with Crippen molar-refractivity contribution in [2.45, 2.75) is 0 Å². The number of rotatable bonds is 8. The number of hydrogen-bond donors (Lipinski definition) is 2. The highest BCUT2D eigenvalue weighted by atomic mass is 32.2. The zero-order valence-corrected chi connectivity index (χ0v) is 16.4. The van der Waals surface area contributed by atoms with Crippen LogP contribution < -0.4 is 20.9 Å². The Morgan fingerprint density at radius 3 is 1.89 bits per heavy atom. The molecule has 2 aromatic carbocycles. The van der Waals surface area contributed by atoms with Crippen molar-refractivity contribution in [1.82, 2.24) is 0 Å². The molecule has 7 nitrogen and oxygen atoms in total. The minimum absolute atomic E-state index is 0.389. The van der Waals surface area contributed by atoms with Gasteiger partial charge in [-0.25, -0.2) is 8.42 Å². The molecule has 0 fully saturated rings. The molecule has 0 atom stereocenters. The van der Waals surface area contributed by atoms with Crippen LogP contribution in [-0.4, -0.2) is 34.2 Å². The monoisotopic (exact) mass is 402 g/mol. The normalized spacial score (nSPS) is 11.8. The molecule has 0 bridgehead atoms. The van der Waals surface area contributed by atoms with Crippen LogP contribution in [0.5, 0.6) is 11.5 Å². The maximum atomic E-state index is 12.1. The Labute approximate surface area is 164 Å². The van der Waals surface area contributed by atoms with Crippen LogP contribution in [-0.2, 0) is 14.6 Å². The number of nitrogen functional groups attached to an aromatic ring is 2. The topological polar surface area (TPSA) is 122 Å². The van der Waals surface area contributed by atoms with Crippen molar-refractivity contribution in [2.24, 2.45) is 0 Å². The highest BCUT2D eigenvalue weighted by Gasteiger charge is 2.11. The molecule has 0 amide bonds.